The summed E-state index contributed by atoms with van der Waals surface area (Å²) < 4.78 is 6.95. The molecule has 10 nitrogen and oxygen atoms in total. The highest BCUT2D eigenvalue weighted by Crippen LogP contribution is 2.29. The predicted molar refractivity (Wildman–Crippen MR) is 104 cm³/mol. The second-order valence-electron chi connectivity index (χ2n) is 6.35. The van der Waals surface area contributed by atoms with Crippen molar-refractivity contribution >= 4 is 28.4 Å². The van der Waals surface area contributed by atoms with Gasteiger partial charge < -0.3 is 9.84 Å². The molecular formula is C19H16N6O4. The molecule has 1 amide bonds. The van der Waals surface area contributed by atoms with Crippen LogP contribution in [-0.4, -0.2) is 30.8 Å². The zero-order chi connectivity index (χ0) is 20.5. The molecule has 146 valence electrons. The van der Waals surface area contributed by atoms with Gasteiger partial charge >= 0.3 is 0 Å². The molecule has 0 atom stereocenters. The van der Waals surface area contributed by atoms with Crippen molar-refractivity contribution < 1.29 is 14.2 Å². The number of carbonyl (C=O) groups excluding carboxylic acids is 1. The summed E-state index contributed by atoms with van der Waals surface area (Å²) in [6.45, 7) is 4.33. The third-order valence-corrected chi connectivity index (χ3v) is 4.43. The number of nitro groups is 1. The molecule has 0 bridgehead atoms. The Morgan fingerprint density at radius 1 is 1.34 bits per heavy atom. The van der Waals surface area contributed by atoms with Crippen LogP contribution < -0.4 is 5.32 Å². The first-order valence-electron chi connectivity index (χ1n) is 8.82. The van der Waals surface area contributed by atoms with Gasteiger partial charge in [0.2, 0.25) is 0 Å². The van der Waals surface area contributed by atoms with Crippen molar-refractivity contribution in [1.29, 1.82) is 0 Å². The normalized spacial score (nSPS) is 11.0. The number of hydrogen-bond donors (Lipinski definition) is 1. The van der Waals surface area contributed by atoms with Gasteiger partial charge in [-0.2, -0.15) is 5.10 Å². The van der Waals surface area contributed by atoms with Gasteiger partial charge in [-0.05, 0) is 19.9 Å². The van der Waals surface area contributed by atoms with Crippen molar-refractivity contribution in [3.05, 3.63) is 64.1 Å². The number of amides is 1. The van der Waals surface area contributed by atoms with Crippen LogP contribution in [0.1, 0.15) is 23.0 Å². The smallest absolute Gasteiger partial charge is 0.270 e. The van der Waals surface area contributed by atoms with Gasteiger partial charge in [0, 0.05) is 30.4 Å². The van der Waals surface area contributed by atoms with E-state index in [2.05, 4.69) is 20.6 Å². The summed E-state index contributed by atoms with van der Waals surface area (Å²) in [5.74, 6) is -0.383. The Bertz CT molecular complexity index is 1240. The standard InChI is InChI=1S/C19H16N6O4/c1-3-24-10-13(9-20-24)21-18(26)15-8-16(22-19-17(15)11(2)23-29-19)12-5-4-6-14(7-12)25(27)28/h4-10H,3H2,1-2H3,(H,21,26). The summed E-state index contributed by atoms with van der Waals surface area (Å²) in [5.41, 5.74) is 2.34. The highest BCUT2D eigenvalue weighted by atomic mass is 16.6. The summed E-state index contributed by atoms with van der Waals surface area (Å²) >= 11 is 0. The number of non-ortho nitro benzene ring substituents is 1. The molecule has 0 aliphatic heterocycles. The minimum absolute atomic E-state index is 0.0730. The van der Waals surface area contributed by atoms with Gasteiger partial charge in [0.25, 0.3) is 17.3 Å². The fourth-order valence-corrected chi connectivity index (χ4v) is 3.00. The summed E-state index contributed by atoms with van der Waals surface area (Å²) in [5, 5.41) is 22.4. The maximum Gasteiger partial charge on any atom is 0.270 e. The second-order valence-corrected chi connectivity index (χ2v) is 6.35. The van der Waals surface area contributed by atoms with Crippen LogP contribution in [0.2, 0.25) is 0 Å². The Balaban J connectivity index is 1.80. The zero-order valence-electron chi connectivity index (χ0n) is 15.6. The molecule has 0 saturated carbocycles. The molecule has 3 heterocycles. The summed E-state index contributed by atoms with van der Waals surface area (Å²) in [4.78, 5) is 28.0. The Morgan fingerprint density at radius 3 is 2.90 bits per heavy atom. The predicted octanol–water partition coefficient (Wildman–Crippen LogP) is 3.58. The van der Waals surface area contributed by atoms with Crippen molar-refractivity contribution in [1.82, 2.24) is 19.9 Å². The molecule has 3 aromatic heterocycles. The van der Waals surface area contributed by atoms with E-state index in [9.17, 15) is 14.9 Å². The first-order chi connectivity index (χ1) is 14.0. The van der Waals surface area contributed by atoms with E-state index in [0.717, 1.165) is 0 Å². The molecule has 0 radical (unpaired) electrons. The lowest BCUT2D eigenvalue weighted by Crippen LogP contribution is -2.12. The minimum Gasteiger partial charge on any atom is -0.335 e. The summed E-state index contributed by atoms with van der Waals surface area (Å²) in [6.07, 6.45) is 3.28. The van der Waals surface area contributed by atoms with Crippen LogP contribution >= 0.6 is 0 Å². The summed E-state index contributed by atoms with van der Waals surface area (Å²) in [6, 6.07) is 7.59. The number of nitrogens with one attached hydrogen (secondary N) is 1. The molecule has 0 spiro atoms. The number of nitro benzene ring substituents is 1. The minimum atomic E-state index is -0.486. The van der Waals surface area contributed by atoms with Crippen LogP contribution in [0, 0.1) is 17.0 Å². The van der Waals surface area contributed by atoms with Crippen LogP contribution in [0.5, 0.6) is 0 Å². The maximum absolute atomic E-state index is 13.0. The first-order valence-corrected chi connectivity index (χ1v) is 8.82. The van der Waals surface area contributed by atoms with Gasteiger partial charge in [0.05, 0.1) is 39.1 Å². The van der Waals surface area contributed by atoms with Crippen LogP contribution in [0.25, 0.3) is 22.4 Å². The lowest BCUT2D eigenvalue weighted by atomic mass is 10.0. The number of benzene rings is 1. The number of nitrogens with zero attached hydrogens (tertiary/aromatic N) is 5. The zero-order valence-corrected chi connectivity index (χ0v) is 15.6. The molecule has 4 rings (SSSR count). The highest BCUT2D eigenvalue weighted by Gasteiger charge is 2.20. The number of rotatable bonds is 5. The Kier molecular flexibility index (Phi) is 4.51. The van der Waals surface area contributed by atoms with Crippen molar-refractivity contribution in [2.45, 2.75) is 20.4 Å². The van der Waals surface area contributed by atoms with Gasteiger partial charge in [-0.25, -0.2) is 4.98 Å². The molecule has 0 saturated heterocycles. The molecule has 1 aromatic carbocycles. The molecular weight excluding hydrogens is 376 g/mol. The van der Waals surface area contributed by atoms with Gasteiger partial charge in [0.15, 0.2) is 0 Å². The number of pyridine rings is 1. The average molecular weight is 392 g/mol. The van der Waals surface area contributed by atoms with Crippen molar-refractivity contribution in [3.8, 4) is 11.3 Å². The second kappa shape index (κ2) is 7.15. The Labute approximate surface area is 164 Å². The van der Waals surface area contributed by atoms with Gasteiger partial charge in [-0.1, -0.05) is 17.3 Å². The van der Waals surface area contributed by atoms with Crippen LogP contribution in [0.3, 0.4) is 0 Å². The molecule has 29 heavy (non-hydrogen) atoms. The number of hydrogen-bond acceptors (Lipinski definition) is 7. The summed E-state index contributed by atoms with van der Waals surface area (Å²) in [7, 11) is 0. The quantitative estimate of drug-likeness (QED) is 0.406. The lowest BCUT2D eigenvalue weighted by molar-refractivity contribution is -0.384. The van der Waals surface area contributed by atoms with Crippen molar-refractivity contribution in [3.63, 3.8) is 0 Å². The topological polar surface area (TPSA) is 129 Å². The molecule has 1 N–H and O–H groups in total. The van der Waals surface area contributed by atoms with Gasteiger partial charge in [-0.15, -0.1) is 0 Å². The Hall–Kier alpha value is -4.08. The van der Waals surface area contributed by atoms with E-state index in [1.54, 1.807) is 42.2 Å². The maximum atomic E-state index is 13.0. The lowest BCUT2D eigenvalue weighted by Gasteiger charge is -2.07. The number of fused-ring (bicyclic) bond motifs is 1. The molecule has 0 aliphatic rings. The van der Waals surface area contributed by atoms with Crippen LogP contribution in [0.4, 0.5) is 11.4 Å². The number of aromatic nitrogens is 4. The van der Waals surface area contributed by atoms with Crippen LogP contribution in [-0.2, 0) is 6.54 Å². The molecule has 0 aliphatic carbocycles. The number of aryl methyl sites for hydroxylation is 2. The van der Waals surface area contributed by atoms with E-state index in [4.69, 9.17) is 4.52 Å². The molecule has 4 aromatic rings. The third-order valence-electron chi connectivity index (χ3n) is 4.43. The fraction of sp³-hybridized carbons (Fsp3) is 0.158. The van der Waals surface area contributed by atoms with Gasteiger partial charge in [-0.3, -0.25) is 19.6 Å². The van der Waals surface area contributed by atoms with Crippen molar-refractivity contribution in [2.75, 3.05) is 5.32 Å². The molecule has 0 fully saturated rings. The van der Waals surface area contributed by atoms with E-state index in [-0.39, 0.29) is 17.3 Å². The van der Waals surface area contributed by atoms with E-state index in [1.165, 1.54) is 12.1 Å². The third kappa shape index (κ3) is 3.43. The Morgan fingerprint density at radius 2 is 2.17 bits per heavy atom. The molecule has 10 heteroatoms. The van der Waals surface area contributed by atoms with E-state index < -0.39 is 4.92 Å². The highest BCUT2D eigenvalue weighted by molar-refractivity contribution is 6.12. The van der Waals surface area contributed by atoms with E-state index >= 15 is 0 Å². The number of carbonyl (C=O) groups is 1. The largest absolute Gasteiger partial charge is 0.335 e. The van der Waals surface area contributed by atoms with E-state index in [1.807, 2.05) is 6.92 Å². The van der Waals surface area contributed by atoms with Gasteiger partial charge in [0.1, 0.15) is 0 Å². The average Bonchev–Trinajstić information content (AvgIpc) is 3.34. The first kappa shape index (κ1) is 18.3. The molecule has 0 unspecified atom stereocenters. The SMILES string of the molecule is CCn1cc(NC(=O)c2cc(-c3cccc([N+](=O)[O-])c3)nc3onc(C)c23)cn1. The monoisotopic (exact) mass is 392 g/mol. The van der Waals surface area contributed by atoms with Crippen LogP contribution in [0.15, 0.2) is 47.2 Å². The van der Waals surface area contributed by atoms with Crippen molar-refractivity contribution in [2.24, 2.45) is 0 Å². The van der Waals surface area contributed by atoms with E-state index in [0.29, 0.717) is 40.1 Å². The number of anilines is 1. The fourth-order valence-electron chi connectivity index (χ4n) is 3.00.